The molecule has 0 saturated heterocycles. The SMILES string of the molecule is C.CC[C@]1(C)C[C@@H](OC(=O)CC[Si](c2ccccc2)(c2ccccc2)C(C)(C)C)[C@@]2(C)C3C(=O)CC[C@@]3(CC[C@H]2C)[C@@H](C)[C@@H]1OCOC.CC[C@]1(C)C[C@@H](OC(=O)CO[Si](c2ccccc2)(c2ccccc2)C(C)(C)C)[C@@]2(C)C3C(=O)CC[C@@]3(CC[C@H]2C)[C@@H](C)[C@@H]1O.S=S=S=S=S=S=S=S=S=S=S=S=S=S=S=S=S=S=S=S=S=S=S=S=S=S=S=S=S=S=S=S=S. The molecule has 4 bridgehead atoms. The van der Waals surface area contributed by atoms with Crippen LogP contribution >= 0.6 is 0 Å². The Labute approximate surface area is 845 Å². The average molecular weight is 2350 g/mol. The molecule has 1 N–H and O–H groups in total. The van der Waals surface area contributed by atoms with Crippen molar-refractivity contribution in [3.05, 3.63) is 121 Å². The van der Waals surface area contributed by atoms with Gasteiger partial charge in [-0.2, -0.15) is 0 Å². The highest BCUT2D eigenvalue weighted by Crippen LogP contribution is 2.70. The molecule has 0 aliphatic heterocycles. The Morgan fingerprint density at radius 3 is 1.10 bits per heavy atom. The van der Waals surface area contributed by atoms with Crippen LogP contribution in [0.15, 0.2) is 121 Å². The molecule has 704 valence electrons. The maximum absolute atomic E-state index is 14.4. The van der Waals surface area contributed by atoms with Gasteiger partial charge in [-0.05, 0) is 136 Å². The van der Waals surface area contributed by atoms with Crippen LogP contribution in [0.2, 0.25) is 16.1 Å². The van der Waals surface area contributed by atoms with Crippen molar-refractivity contribution in [3.63, 3.8) is 0 Å². The Kier molecular flexibility index (Phi) is 51.6. The van der Waals surface area contributed by atoms with Crippen molar-refractivity contribution >= 4 is 358 Å². The Hall–Kier alpha value is 2.69. The lowest BCUT2D eigenvalue weighted by Gasteiger charge is -2.62. The summed E-state index contributed by atoms with van der Waals surface area (Å²) in [5.74, 6) is 0.414. The van der Waals surface area contributed by atoms with Crippen LogP contribution in [-0.4, -0.2) is 89.9 Å². The van der Waals surface area contributed by atoms with Crippen LogP contribution < -0.4 is 20.7 Å². The zero-order valence-corrected chi connectivity index (χ0v) is 101. The Morgan fingerprint density at radius 2 is 0.776 bits per heavy atom. The Bertz CT molecular complexity index is 5760. The summed E-state index contributed by atoms with van der Waals surface area (Å²) in [6.45, 7) is 36.0. The molecule has 10 nitrogen and oxygen atoms in total. The number of ether oxygens (including phenoxy) is 4. The van der Waals surface area contributed by atoms with Gasteiger partial charge in [0.15, 0.2) is 0 Å². The molecule has 45 heteroatoms. The molecule has 6 aliphatic rings. The predicted molar refractivity (Wildman–Crippen MR) is 621 cm³/mol. The van der Waals surface area contributed by atoms with E-state index in [1.54, 1.807) is 114 Å². The van der Waals surface area contributed by atoms with Gasteiger partial charge in [0.05, 0.1) is 12.2 Å². The molecule has 125 heavy (non-hydrogen) atoms. The fourth-order valence-electron chi connectivity index (χ4n) is 21.0. The number of ketones is 2. The summed E-state index contributed by atoms with van der Waals surface area (Å²) in [7, 11) is 50.9. The van der Waals surface area contributed by atoms with Gasteiger partial charge < -0.3 is 28.5 Å². The zero-order valence-electron chi connectivity index (χ0n) is 72.2. The van der Waals surface area contributed by atoms with Gasteiger partial charge in [-0.15, -0.1) is 0 Å². The molecule has 0 amide bonds. The normalized spacial score (nSPS) is 27.5. The van der Waals surface area contributed by atoms with Crippen LogP contribution in [0.3, 0.4) is 0 Å². The first-order chi connectivity index (χ1) is 59.3. The van der Waals surface area contributed by atoms with Crippen LogP contribution in [0.1, 0.15) is 202 Å². The fourth-order valence-corrected chi connectivity index (χ4v) is 111. The molecule has 4 aromatic carbocycles. The lowest BCUT2D eigenvalue weighted by atomic mass is 9.43. The molecule has 2 unspecified atom stereocenters. The summed E-state index contributed by atoms with van der Waals surface area (Å²) in [5.41, 5.74) is -2.05. The predicted octanol–water partition coefficient (Wildman–Crippen LogP) is 15.4. The molecule has 0 aromatic heterocycles. The summed E-state index contributed by atoms with van der Waals surface area (Å²) in [6.07, 6.45) is 8.47. The first kappa shape index (κ1) is 115. The second-order valence-electron chi connectivity index (χ2n) is 34.7. The number of aliphatic hydroxyl groups excluding tert-OH is 1. The molecule has 0 heterocycles. The number of hydrogen-bond acceptors (Lipinski definition) is 12. The van der Waals surface area contributed by atoms with E-state index < -0.39 is 44.8 Å². The van der Waals surface area contributed by atoms with Gasteiger partial charge in [-0.3, -0.25) is 14.4 Å². The summed E-state index contributed by atoms with van der Waals surface area (Å²) < 4.78 is 32.5. The molecule has 4 aromatic rings. The first-order valence-electron chi connectivity index (χ1n) is 40.3. The molecular formula is C80H118O10S33Si2. The lowest BCUT2D eigenvalue weighted by molar-refractivity contribution is -0.230. The number of aliphatic hydroxyl groups is 1. The molecule has 6 fully saturated rings. The highest BCUT2D eigenvalue weighted by Gasteiger charge is 2.71. The first-order valence-corrected chi connectivity index (χ1v) is 87.1. The van der Waals surface area contributed by atoms with E-state index in [1.807, 2.05) is 187 Å². The van der Waals surface area contributed by atoms with Gasteiger partial charge in [-0.25, -0.2) is 4.79 Å². The second kappa shape index (κ2) is 56.2. The highest BCUT2D eigenvalue weighted by molar-refractivity contribution is 8.80. The molecule has 0 radical (unpaired) electrons. The molecule has 0 spiro atoms. The molecular weight excluding hydrogens is 2240 g/mol. The lowest BCUT2D eigenvalue weighted by Crippen LogP contribution is -2.67. The van der Waals surface area contributed by atoms with Crippen molar-refractivity contribution in [3.8, 4) is 0 Å². The van der Waals surface area contributed by atoms with Gasteiger partial charge in [0.1, 0.15) is 45.2 Å². The Balaban J connectivity index is 0.000000261. The van der Waals surface area contributed by atoms with Crippen molar-refractivity contribution in [2.45, 2.75) is 242 Å². The maximum Gasteiger partial charge on any atom is 0.331 e. The molecule has 10 rings (SSSR count). The minimum absolute atomic E-state index is 0. The largest absolute Gasteiger partial charge is 0.462 e. The number of carbonyl (C=O) groups is 4. The van der Waals surface area contributed by atoms with Crippen molar-refractivity contribution < 1.29 is 47.7 Å². The minimum atomic E-state index is -2.94. The molecule has 6 aliphatic carbocycles. The average Bonchev–Trinajstić information content (AvgIpc) is 1.62. The third-order valence-corrected chi connectivity index (χ3v) is 105. The topological polar surface area (TPSA) is 135 Å². The number of rotatable bonds is 17. The van der Waals surface area contributed by atoms with Crippen molar-refractivity contribution in [1.29, 1.82) is 0 Å². The van der Waals surface area contributed by atoms with E-state index >= 15 is 0 Å². The van der Waals surface area contributed by atoms with Crippen molar-refractivity contribution in [2.24, 2.45) is 68.0 Å². The fraction of sp³-hybridized carbons (Fsp3) is 0.650. The van der Waals surface area contributed by atoms with Crippen LogP contribution in [-0.2, 0) is 340 Å². The van der Waals surface area contributed by atoms with Gasteiger partial charge in [0.25, 0.3) is 8.32 Å². The van der Waals surface area contributed by atoms with E-state index in [-0.39, 0.29) is 113 Å². The summed E-state index contributed by atoms with van der Waals surface area (Å²) in [5, 5.41) is 16.5. The van der Waals surface area contributed by atoms with Gasteiger partial charge in [-0.1, -0.05) is 250 Å². The van der Waals surface area contributed by atoms with E-state index in [4.69, 9.17) is 45.7 Å². The number of Topliss-reactive ketones (excluding diaryl/α,β-unsaturated/α-hetero) is 2. The smallest absolute Gasteiger partial charge is 0.331 e. The van der Waals surface area contributed by atoms with Gasteiger partial charge in [0.2, 0.25) is 0 Å². The van der Waals surface area contributed by atoms with Gasteiger partial charge in [0, 0.05) is 347 Å². The minimum Gasteiger partial charge on any atom is -0.462 e. The van der Waals surface area contributed by atoms with Crippen molar-refractivity contribution in [1.82, 2.24) is 0 Å². The highest BCUT2D eigenvalue weighted by atomic mass is 33.5. The number of carbonyl (C=O) groups excluding carboxylic acids is 4. The summed E-state index contributed by atoms with van der Waals surface area (Å²) in [4.78, 5) is 56.3. The van der Waals surface area contributed by atoms with E-state index in [1.165, 1.54) is 28.1 Å². The van der Waals surface area contributed by atoms with E-state index in [0.29, 0.717) is 37.9 Å². The van der Waals surface area contributed by atoms with E-state index in [2.05, 4.69) is 196 Å². The standard InChI is InChI=1S/C41H60O5Si.C38H54O5Si.CH4.S33/c1-10-39(7)27-34(40(8)29(2)21-24-41(25-22-33(42)36(40)41)30(3)37(39)45-28-44-9)46-35(43)23-26-47(38(4,5)6,31-17-13-11-14-18-31)32-19-15-12-16-20-32;1-9-36(7)24-31(37(8)26(2)20-22-38(27(3)34(36)41)23-21-30(39)33(37)38)43-32(40)25-42-44(35(4,5)6,28-16-12-10-13-17-28)29-18-14-11-15-19-29;;1-3-5-7-9-11-13-15-17-19-21-23-25-27-29-31-33-32-30-28-26-24-22-20-18-16-14-12-10-8-6-4-2/h11-20,29-30,34,36-37H,10,21-28H2,1-9H3;10-19,26-27,31,33-34,41H,9,20-25H2,1-8H3;1H4;/t29-,30+,34-,36?,37+,39-,40+,41+;26-,27+,31-,33?,34+,36-,37+,38+;;/m11../s1. The Morgan fingerprint density at radius 1 is 0.456 bits per heavy atom. The number of methoxy groups -OCH3 is 1. The third kappa shape index (κ3) is 29.4. The van der Waals surface area contributed by atoms with E-state index in [0.717, 1.165) is 67.8 Å². The van der Waals surface area contributed by atoms with Crippen LogP contribution in [0, 0.1) is 68.0 Å². The maximum atomic E-state index is 14.4. The zero-order chi connectivity index (χ0) is 90.3. The van der Waals surface area contributed by atoms with Gasteiger partial charge >= 0.3 is 11.9 Å². The number of esters is 2. The molecule has 16 atom stereocenters. The quantitative estimate of drug-likeness (QED) is 0.0613. The summed E-state index contributed by atoms with van der Waals surface area (Å²) >= 11 is 9.59. The third-order valence-electron chi connectivity index (χ3n) is 27.5. The van der Waals surface area contributed by atoms with Crippen molar-refractivity contribution in [2.75, 3.05) is 20.5 Å². The molecule has 6 saturated carbocycles. The monoisotopic (exact) mass is 2350 g/mol. The van der Waals surface area contributed by atoms with Crippen LogP contribution in [0.4, 0.5) is 0 Å². The summed E-state index contributed by atoms with van der Waals surface area (Å²) in [6, 6.07) is 43.1. The van der Waals surface area contributed by atoms with E-state index in [9.17, 15) is 24.3 Å². The van der Waals surface area contributed by atoms with Crippen LogP contribution in [0.25, 0.3) is 0 Å². The number of hydrogen-bond donors (Lipinski definition) is 1. The van der Waals surface area contributed by atoms with Crippen LogP contribution in [0.5, 0.6) is 0 Å². The number of benzene rings is 4. The second-order valence-corrected chi connectivity index (χ2v) is 98.8.